The number of fused-ring (bicyclic) bond motifs is 1. The van der Waals surface area contributed by atoms with Crippen molar-refractivity contribution in [2.45, 2.75) is 69.1 Å². The van der Waals surface area contributed by atoms with Crippen LogP contribution in [0.3, 0.4) is 0 Å². The number of rotatable bonds is 8. The van der Waals surface area contributed by atoms with Gasteiger partial charge in [0.1, 0.15) is 23.5 Å². The van der Waals surface area contributed by atoms with E-state index in [1.165, 1.54) is 6.42 Å². The normalized spacial score (nSPS) is 19.0. The first-order valence-corrected chi connectivity index (χ1v) is 13.5. The Kier molecular flexibility index (Phi) is 6.46. The number of hydrogen-bond donors (Lipinski definition) is 3. The van der Waals surface area contributed by atoms with Gasteiger partial charge in [0.25, 0.3) is 0 Å². The van der Waals surface area contributed by atoms with Gasteiger partial charge < -0.3 is 15.0 Å². The van der Waals surface area contributed by atoms with Crippen LogP contribution in [0.15, 0.2) is 36.7 Å². The number of pyridine rings is 1. The minimum absolute atomic E-state index is 0.0424. The number of alkyl halides is 3. The number of nitrogens with zero attached hydrogens (tertiary/aromatic N) is 5. The predicted octanol–water partition coefficient (Wildman–Crippen LogP) is 5.27. The van der Waals surface area contributed by atoms with Gasteiger partial charge in [-0.05, 0) is 62.6 Å². The van der Waals surface area contributed by atoms with E-state index in [0.29, 0.717) is 22.5 Å². The maximum atomic E-state index is 14.0. The van der Waals surface area contributed by atoms with Gasteiger partial charge in [-0.3, -0.25) is 5.10 Å². The molecule has 0 bridgehead atoms. The molecular formula is C28H32F3N7O. The number of aliphatic hydroxyl groups excluding tert-OH is 1. The Morgan fingerprint density at radius 1 is 1.21 bits per heavy atom. The Morgan fingerprint density at radius 2 is 2.00 bits per heavy atom. The third-order valence-electron chi connectivity index (χ3n) is 8.58. The predicted molar refractivity (Wildman–Crippen MR) is 140 cm³/mol. The van der Waals surface area contributed by atoms with Gasteiger partial charge in [-0.2, -0.15) is 18.3 Å². The van der Waals surface area contributed by atoms with Gasteiger partial charge >= 0.3 is 6.18 Å². The van der Waals surface area contributed by atoms with Crippen molar-refractivity contribution >= 4 is 10.9 Å². The van der Waals surface area contributed by atoms with Crippen LogP contribution in [-0.2, 0) is 13.2 Å². The molecular weight excluding hydrogens is 507 g/mol. The summed E-state index contributed by atoms with van der Waals surface area (Å²) in [6.45, 7) is 1.71. The molecule has 3 aromatic heterocycles. The van der Waals surface area contributed by atoms with Gasteiger partial charge in [0, 0.05) is 35.5 Å². The summed E-state index contributed by atoms with van der Waals surface area (Å²) in [7, 11) is 1.93. The monoisotopic (exact) mass is 539 g/mol. The number of H-pyrrole nitrogens is 1. The Labute approximate surface area is 224 Å². The molecule has 2 atom stereocenters. The topological polar surface area (TPSA) is 105 Å². The number of aliphatic hydroxyl groups is 1. The first-order chi connectivity index (χ1) is 18.7. The molecule has 3 N–H and O–H groups in total. The average Bonchev–Trinajstić information content (AvgIpc) is 3.48. The lowest BCUT2D eigenvalue weighted by molar-refractivity contribution is -0.141. The molecule has 8 nitrogen and oxygen atoms in total. The Hall–Kier alpha value is -3.31. The van der Waals surface area contributed by atoms with Gasteiger partial charge in [-0.1, -0.05) is 24.6 Å². The van der Waals surface area contributed by atoms with Crippen molar-refractivity contribution in [1.29, 1.82) is 0 Å². The molecule has 2 aliphatic rings. The average molecular weight is 540 g/mol. The minimum Gasteiger partial charge on any atom is -0.394 e. The van der Waals surface area contributed by atoms with Gasteiger partial charge in [0.15, 0.2) is 0 Å². The second-order valence-electron chi connectivity index (χ2n) is 11.1. The lowest BCUT2D eigenvalue weighted by Crippen LogP contribution is -2.54. The highest BCUT2D eigenvalue weighted by atomic mass is 19.4. The first kappa shape index (κ1) is 25.9. The zero-order chi connectivity index (χ0) is 27.4. The van der Waals surface area contributed by atoms with E-state index in [2.05, 4.69) is 30.7 Å². The molecule has 1 aromatic carbocycles. The number of aryl methyl sites for hydroxylation is 1. The molecule has 39 heavy (non-hydrogen) atoms. The highest BCUT2D eigenvalue weighted by molar-refractivity contribution is 5.94. The number of aromatic amines is 1. The summed E-state index contributed by atoms with van der Waals surface area (Å²) in [5.74, 6) is 1.35. The van der Waals surface area contributed by atoms with Crippen molar-refractivity contribution < 1.29 is 18.3 Å². The standard InChI is InChI=1S/C28H32F3N7O/c1-16(34-27(14-39)10-5-11-27)23-25-20(13-21(33-23)28(29,30)31)24(35-36-25)19-9-4-8-18(12-19)22(17-6-3-7-17)26-37-32-15-38(26)2/h4,8-9,12-13,15-17,22,34,39H,3,5-7,10-11,14H2,1-2H3,(H,35,36)/t16-,22+/m0/s1. The number of nitrogens with one attached hydrogen (secondary N) is 2. The fourth-order valence-corrected chi connectivity index (χ4v) is 6.06. The summed E-state index contributed by atoms with van der Waals surface area (Å²) >= 11 is 0. The molecule has 11 heteroatoms. The van der Waals surface area contributed by atoms with E-state index in [1.807, 2.05) is 35.9 Å². The van der Waals surface area contributed by atoms with Crippen molar-refractivity contribution in [2.75, 3.05) is 6.61 Å². The Bertz CT molecular complexity index is 1480. The van der Waals surface area contributed by atoms with E-state index in [0.717, 1.165) is 55.1 Å². The number of halogens is 3. The molecule has 6 rings (SSSR count). The van der Waals surface area contributed by atoms with Gasteiger partial charge in [0.05, 0.1) is 17.8 Å². The Morgan fingerprint density at radius 3 is 2.59 bits per heavy atom. The Balaban J connectivity index is 1.44. The van der Waals surface area contributed by atoms with E-state index < -0.39 is 23.5 Å². The molecule has 0 spiro atoms. The van der Waals surface area contributed by atoms with Crippen LogP contribution in [0.5, 0.6) is 0 Å². The maximum absolute atomic E-state index is 14.0. The van der Waals surface area contributed by atoms with Crippen LogP contribution in [0.2, 0.25) is 0 Å². The zero-order valence-electron chi connectivity index (χ0n) is 22.0. The lowest BCUT2D eigenvalue weighted by Gasteiger charge is -2.43. The molecule has 2 saturated carbocycles. The van der Waals surface area contributed by atoms with Crippen LogP contribution < -0.4 is 5.32 Å². The molecule has 206 valence electrons. The second-order valence-corrected chi connectivity index (χ2v) is 11.1. The third-order valence-corrected chi connectivity index (χ3v) is 8.58. The highest BCUT2D eigenvalue weighted by Gasteiger charge is 2.39. The van der Waals surface area contributed by atoms with Gasteiger partial charge in [-0.15, -0.1) is 10.2 Å². The van der Waals surface area contributed by atoms with Crippen molar-refractivity contribution in [3.63, 3.8) is 0 Å². The molecule has 2 fully saturated rings. The molecule has 0 unspecified atom stereocenters. The van der Waals surface area contributed by atoms with Crippen molar-refractivity contribution in [3.05, 3.63) is 59.4 Å². The third kappa shape index (κ3) is 4.61. The summed E-state index contributed by atoms with van der Waals surface area (Å²) < 4.78 is 44.0. The molecule has 0 aliphatic heterocycles. The van der Waals surface area contributed by atoms with E-state index in [4.69, 9.17) is 0 Å². The van der Waals surface area contributed by atoms with Crippen molar-refractivity contribution in [2.24, 2.45) is 13.0 Å². The van der Waals surface area contributed by atoms with Crippen molar-refractivity contribution in [3.8, 4) is 11.3 Å². The van der Waals surface area contributed by atoms with Crippen LogP contribution in [-0.4, -0.2) is 47.2 Å². The fourth-order valence-electron chi connectivity index (χ4n) is 6.06. The minimum atomic E-state index is -4.62. The van der Waals surface area contributed by atoms with E-state index in [9.17, 15) is 18.3 Å². The number of hydrogen-bond acceptors (Lipinski definition) is 6. The summed E-state index contributed by atoms with van der Waals surface area (Å²) in [6, 6.07) is 8.40. The van der Waals surface area contributed by atoms with Gasteiger partial charge in [-0.25, -0.2) is 4.98 Å². The maximum Gasteiger partial charge on any atom is 0.433 e. The van der Waals surface area contributed by atoms with Crippen LogP contribution in [0.4, 0.5) is 13.2 Å². The zero-order valence-corrected chi connectivity index (χ0v) is 22.0. The molecule has 0 saturated heterocycles. The summed E-state index contributed by atoms with van der Waals surface area (Å²) in [6.07, 6.45) is 2.93. The van der Waals surface area contributed by atoms with E-state index in [-0.39, 0.29) is 18.2 Å². The molecule has 0 radical (unpaired) electrons. The largest absolute Gasteiger partial charge is 0.433 e. The van der Waals surface area contributed by atoms with E-state index >= 15 is 0 Å². The van der Waals surface area contributed by atoms with Crippen LogP contribution in [0.25, 0.3) is 22.2 Å². The molecule has 3 heterocycles. The smallest absolute Gasteiger partial charge is 0.394 e. The summed E-state index contributed by atoms with van der Waals surface area (Å²) in [5, 5.41) is 29.6. The molecule has 0 amide bonds. The summed E-state index contributed by atoms with van der Waals surface area (Å²) in [4.78, 5) is 4.03. The fraction of sp³-hybridized carbons (Fsp3) is 0.500. The highest BCUT2D eigenvalue weighted by Crippen LogP contribution is 2.44. The quantitative estimate of drug-likeness (QED) is 0.282. The number of benzene rings is 1. The number of aromatic nitrogens is 6. The molecule has 4 aromatic rings. The van der Waals surface area contributed by atoms with Crippen LogP contribution >= 0.6 is 0 Å². The van der Waals surface area contributed by atoms with Gasteiger partial charge in [0.2, 0.25) is 0 Å². The van der Waals surface area contributed by atoms with Crippen LogP contribution in [0.1, 0.15) is 80.2 Å². The second kappa shape index (κ2) is 9.71. The SMILES string of the molecule is C[C@H](NC1(CO)CCC1)c1nc(C(F)(F)F)cc2c(-c3cccc([C@H](c4nncn4C)C4CCC4)c3)n[nH]c12. The van der Waals surface area contributed by atoms with E-state index in [1.54, 1.807) is 13.3 Å². The first-order valence-electron chi connectivity index (χ1n) is 13.5. The lowest BCUT2D eigenvalue weighted by atomic mass is 9.72. The summed E-state index contributed by atoms with van der Waals surface area (Å²) in [5.41, 5.74) is 1.45. The van der Waals surface area contributed by atoms with Crippen molar-refractivity contribution in [1.82, 2.24) is 35.3 Å². The molecule has 2 aliphatic carbocycles. The van der Waals surface area contributed by atoms with Crippen LogP contribution in [0, 0.1) is 5.92 Å².